The minimum Gasteiger partial charge on any atom is -0.377 e. The van der Waals surface area contributed by atoms with E-state index in [1.54, 1.807) is 21.3 Å². The summed E-state index contributed by atoms with van der Waals surface area (Å²) in [5.74, 6) is 0.664. The third-order valence-corrected chi connectivity index (χ3v) is 4.73. The van der Waals surface area contributed by atoms with Crippen LogP contribution in [0.15, 0.2) is 0 Å². The fraction of sp³-hybridized carbons (Fsp3) is 1.00. The summed E-state index contributed by atoms with van der Waals surface area (Å²) in [5, 5.41) is 0. The first kappa shape index (κ1) is 17.5. The van der Waals surface area contributed by atoms with Crippen LogP contribution >= 0.6 is 0 Å². The minimum absolute atomic E-state index is 0.664. The van der Waals surface area contributed by atoms with Gasteiger partial charge < -0.3 is 19.0 Å². The monoisotopic (exact) mass is 237 g/mol. The van der Waals surface area contributed by atoms with Crippen LogP contribution in [-0.2, 0) is 13.3 Å². The van der Waals surface area contributed by atoms with Crippen molar-refractivity contribution in [1.82, 2.24) is 0 Å². The lowest BCUT2D eigenvalue weighted by atomic mass is 10.2. The number of rotatable bonds is 6. The molecule has 0 aliphatic carbocycles. The molecule has 0 aromatic rings. The Morgan fingerprint density at radius 1 is 1.07 bits per heavy atom. The Bertz CT molecular complexity index is 122. The lowest BCUT2D eigenvalue weighted by Gasteiger charge is -2.24. The van der Waals surface area contributed by atoms with Crippen molar-refractivity contribution in [2.24, 2.45) is 11.7 Å². The minimum atomic E-state index is -2.28. The highest BCUT2D eigenvalue weighted by molar-refractivity contribution is 6.60. The van der Waals surface area contributed by atoms with Gasteiger partial charge in [0.2, 0.25) is 0 Å². The van der Waals surface area contributed by atoms with E-state index in [4.69, 9.17) is 19.0 Å². The largest absolute Gasteiger partial charge is 0.500 e. The first-order chi connectivity index (χ1) is 7.01. The molecular weight excluding hydrogens is 210 g/mol. The highest BCUT2D eigenvalue weighted by Crippen LogP contribution is 2.18. The Kier molecular flexibility index (Phi) is 12.3. The normalized spacial score (nSPS) is 11.2. The molecule has 0 unspecified atom stereocenters. The summed E-state index contributed by atoms with van der Waals surface area (Å²) in [6.07, 6.45) is 1.09. The molecule has 0 saturated heterocycles. The molecule has 0 atom stereocenters. The van der Waals surface area contributed by atoms with Crippen LogP contribution in [0, 0.1) is 5.92 Å². The molecule has 0 bridgehead atoms. The third-order valence-electron chi connectivity index (χ3n) is 1.96. The van der Waals surface area contributed by atoms with Gasteiger partial charge in [0.05, 0.1) is 0 Å². The van der Waals surface area contributed by atoms with Crippen LogP contribution in [0.4, 0.5) is 0 Å². The zero-order valence-electron chi connectivity index (χ0n) is 11.0. The van der Waals surface area contributed by atoms with Crippen molar-refractivity contribution in [3.63, 3.8) is 0 Å². The third kappa shape index (κ3) is 9.01. The van der Waals surface area contributed by atoms with E-state index in [1.165, 1.54) is 0 Å². The van der Waals surface area contributed by atoms with Crippen LogP contribution in [0.1, 0.15) is 27.2 Å². The molecule has 0 saturated carbocycles. The average molecular weight is 237 g/mol. The van der Waals surface area contributed by atoms with Crippen molar-refractivity contribution in [2.45, 2.75) is 33.2 Å². The summed E-state index contributed by atoms with van der Waals surface area (Å²) < 4.78 is 15.8. The maximum Gasteiger partial charge on any atom is 0.500 e. The second-order valence-electron chi connectivity index (χ2n) is 3.64. The van der Waals surface area contributed by atoms with E-state index in [1.807, 2.05) is 6.92 Å². The van der Waals surface area contributed by atoms with Crippen molar-refractivity contribution >= 4 is 8.80 Å². The van der Waals surface area contributed by atoms with Gasteiger partial charge in [0.1, 0.15) is 0 Å². The topological polar surface area (TPSA) is 53.7 Å². The quantitative estimate of drug-likeness (QED) is 0.717. The lowest BCUT2D eigenvalue weighted by molar-refractivity contribution is 0.121. The van der Waals surface area contributed by atoms with E-state index in [0.717, 1.165) is 19.0 Å². The van der Waals surface area contributed by atoms with Gasteiger partial charge in [-0.25, -0.2) is 0 Å². The number of hydrogen-bond donors (Lipinski definition) is 1. The van der Waals surface area contributed by atoms with Crippen LogP contribution < -0.4 is 5.73 Å². The standard InChI is InChI=1S/C8H20O3Si.C2H7N/c1-8(2)6-7-12(9-3,10-4)11-5;1-2-3/h8H,6-7H2,1-5H3;2-3H2,1H3. The molecule has 0 rings (SSSR count). The highest BCUT2D eigenvalue weighted by Gasteiger charge is 2.37. The molecule has 0 aromatic carbocycles. The second-order valence-corrected chi connectivity index (χ2v) is 6.73. The molecule has 0 aliphatic heterocycles. The van der Waals surface area contributed by atoms with Gasteiger partial charge in [-0.1, -0.05) is 20.8 Å². The van der Waals surface area contributed by atoms with Crippen molar-refractivity contribution in [3.8, 4) is 0 Å². The molecule has 0 fully saturated rings. The number of nitrogens with two attached hydrogens (primary N) is 1. The van der Waals surface area contributed by atoms with Gasteiger partial charge >= 0.3 is 8.80 Å². The summed E-state index contributed by atoms with van der Waals surface area (Å²) in [5.41, 5.74) is 4.85. The summed E-state index contributed by atoms with van der Waals surface area (Å²) >= 11 is 0. The van der Waals surface area contributed by atoms with E-state index in [0.29, 0.717) is 5.92 Å². The smallest absolute Gasteiger partial charge is 0.377 e. The molecule has 0 aliphatic rings. The van der Waals surface area contributed by atoms with Gasteiger partial charge in [0, 0.05) is 27.4 Å². The summed E-state index contributed by atoms with van der Waals surface area (Å²) in [6.45, 7) is 7.01. The van der Waals surface area contributed by atoms with Crippen molar-refractivity contribution in [1.29, 1.82) is 0 Å². The fourth-order valence-electron chi connectivity index (χ4n) is 1.02. The molecule has 94 valence electrons. The predicted octanol–water partition coefficient (Wildman–Crippen LogP) is 1.88. The molecule has 0 radical (unpaired) electrons. The molecule has 4 nitrogen and oxygen atoms in total. The fourth-order valence-corrected chi connectivity index (χ4v) is 3.06. The molecule has 0 aromatic heterocycles. The Labute approximate surface area is 95.5 Å². The van der Waals surface area contributed by atoms with Gasteiger partial charge in [-0.3, -0.25) is 0 Å². The summed E-state index contributed by atoms with van der Waals surface area (Å²) in [4.78, 5) is 0. The van der Waals surface area contributed by atoms with Crippen LogP contribution in [0.5, 0.6) is 0 Å². The van der Waals surface area contributed by atoms with Crippen LogP contribution in [-0.4, -0.2) is 36.7 Å². The van der Waals surface area contributed by atoms with E-state index >= 15 is 0 Å². The molecule has 2 N–H and O–H groups in total. The molecular formula is C10H27NO3Si. The SMILES string of the molecule is CCN.CO[Si](CCC(C)C)(OC)OC. The van der Waals surface area contributed by atoms with Gasteiger partial charge in [0.15, 0.2) is 0 Å². The first-order valence-electron chi connectivity index (χ1n) is 5.37. The van der Waals surface area contributed by atoms with Crippen molar-refractivity contribution in [2.75, 3.05) is 27.9 Å². The Balaban J connectivity index is 0. The second kappa shape index (κ2) is 10.6. The number of hydrogen-bond acceptors (Lipinski definition) is 4. The predicted molar refractivity (Wildman–Crippen MR) is 65.8 cm³/mol. The zero-order chi connectivity index (χ0) is 12.3. The van der Waals surface area contributed by atoms with E-state index in [9.17, 15) is 0 Å². The van der Waals surface area contributed by atoms with Crippen molar-refractivity contribution < 1.29 is 13.3 Å². The maximum atomic E-state index is 5.28. The molecule has 0 heterocycles. The van der Waals surface area contributed by atoms with E-state index < -0.39 is 8.80 Å². The van der Waals surface area contributed by atoms with Crippen LogP contribution in [0.25, 0.3) is 0 Å². The van der Waals surface area contributed by atoms with Crippen molar-refractivity contribution in [3.05, 3.63) is 0 Å². The average Bonchev–Trinajstić information content (AvgIpc) is 2.22. The Morgan fingerprint density at radius 2 is 1.40 bits per heavy atom. The maximum absolute atomic E-state index is 5.28. The van der Waals surface area contributed by atoms with Crippen LogP contribution in [0.2, 0.25) is 6.04 Å². The van der Waals surface area contributed by atoms with E-state index in [-0.39, 0.29) is 0 Å². The molecule has 0 amide bonds. The Morgan fingerprint density at radius 3 is 1.60 bits per heavy atom. The molecule has 15 heavy (non-hydrogen) atoms. The van der Waals surface area contributed by atoms with Gasteiger partial charge in [-0.05, 0) is 18.9 Å². The van der Waals surface area contributed by atoms with E-state index in [2.05, 4.69) is 13.8 Å². The molecule has 0 spiro atoms. The summed E-state index contributed by atoms with van der Waals surface area (Å²) in [7, 11) is 2.68. The first-order valence-corrected chi connectivity index (χ1v) is 7.30. The summed E-state index contributed by atoms with van der Waals surface area (Å²) in [6, 6.07) is 0.897. The highest BCUT2D eigenvalue weighted by atomic mass is 28.4. The van der Waals surface area contributed by atoms with Gasteiger partial charge in [-0.15, -0.1) is 0 Å². The lowest BCUT2D eigenvalue weighted by Crippen LogP contribution is -2.42. The Hall–Kier alpha value is 0.0569. The van der Waals surface area contributed by atoms with Gasteiger partial charge in [-0.2, -0.15) is 0 Å². The zero-order valence-corrected chi connectivity index (χ0v) is 12.0. The van der Waals surface area contributed by atoms with Gasteiger partial charge in [0.25, 0.3) is 0 Å². The molecule has 5 heteroatoms. The van der Waals surface area contributed by atoms with Crippen LogP contribution in [0.3, 0.4) is 0 Å².